The molecule has 2 rings (SSSR count). The van der Waals surface area contributed by atoms with Gasteiger partial charge in [-0.2, -0.15) is 11.8 Å². The number of carbonyl (C=O) groups is 1. The smallest absolute Gasteiger partial charge is 0.336 e. The highest BCUT2D eigenvalue weighted by molar-refractivity contribution is 14.1. The number of rotatable bonds is 5. The van der Waals surface area contributed by atoms with Gasteiger partial charge in [0, 0.05) is 15.4 Å². The molecular formula is C12H14INO4S2. The lowest BCUT2D eigenvalue weighted by molar-refractivity contribution is 0.0695. The number of nitrogens with one attached hydrogen (secondary N) is 1. The summed E-state index contributed by atoms with van der Waals surface area (Å²) in [6, 6.07) is 4.13. The fraction of sp³-hybridized carbons (Fsp3) is 0.417. The fourth-order valence-corrected chi connectivity index (χ4v) is 4.91. The lowest BCUT2D eigenvalue weighted by atomic mass is 10.2. The number of benzene rings is 1. The van der Waals surface area contributed by atoms with Gasteiger partial charge in [-0.3, -0.25) is 0 Å². The fourth-order valence-electron chi connectivity index (χ4n) is 1.93. The first kappa shape index (κ1) is 16.1. The molecule has 1 aromatic rings. The van der Waals surface area contributed by atoms with E-state index >= 15 is 0 Å². The van der Waals surface area contributed by atoms with Crippen molar-refractivity contribution in [3.63, 3.8) is 0 Å². The summed E-state index contributed by atoms with van der Waals surface area (Å²) >= 11 is 3.64. The Kier molecular flexibility index (Phi) is 5.32. The molecule has 110 valence electrons. The molecule has 0 spiro atoms. The molecule has 1 heterocycles. The SMILES string of the molecule is O=C(O)c1cc(S(=O)(=O)NCC2CCCS2)ccc1I. The zero-order chi connectivity index (χ0) is 14.8. The summed E-state index contributed by atoms with van der Waals surface area (Å²) in [4.78, 5) is 11.0. The molecule has 1 saturated heterocycles. The number of sulfonamides is 1. The maximum atomic E-state index is 12.2. The summed E-state index contributed by atoms with van der Waals surface area (Å²) in [7, 11) is -3.65. The van der Waals surface area contributed by atoms with E-state index in [-0.39, 0.29) is 10.5 Å². The van der Waals surface area contributed by atoms with Crippen LogP contribution in [0.5, 0.6) is 0 Å². The van der Waals surface area contributed by atoms with E-state index in [1.54, 1.807) is 11.8 Å². The molecule has 20 heavy (non-hydrogen) atoms. The molecular weight excluding hydrogens is 413 g/mol. The second kappa shape index (κ2) is 6.63. The molecule has 2 N–H and O–H groups in total. The van der Waals surface area contributed by atoms with E-state index < -0.39 is 16.0 Å². The number of hydrogen-bond acceptors (Lipinski definition) is 4. The number of carboxylic acid groups (broad SMARTS) is 1. The second-order valence-corrected chi connectivity index (χ2v) is 8.77. The third kappa shape index (κ3) is 3.86. The van der Waals surface area contributed by atoms with Gasteiger partial charge in [-0.15, -0.1) is 0 Å². The minimum Gasteiger partial charge on any atom is -0.478 e. The van der Waals surface area contributed by atoms with E-state index in [2.05, 4.69) is 4.72 Å². The minimum absolute atomic E-state index is 0.00156. The van der Waals surface area contributed by atoms with Crippen LogP contribution in [0, 0.1) is 3.57 Å². The van der Waals surface area contributed by atoms with E-state index in [0.717, 1.165) is 18.6 Å². The molecule has 0 bridgehead atoms. The predicted molar refractivity (Wildman–Crippen MR) is 86.8 cm³/mol. The van der Waals surface area contributed by atoms with Crippen LogP contribution >= 0.6 is 34.4 Å². The van der Waals surface area contributed by atoms with E-state index in [0.29, 0.717) is 15.4 Å². The highest BCUT2D eigenvalue weighted by Crippen LogP contribution is 2.26. The summed E-state index contributed by atoms with van der Waals surface area (Å²) in [5.74, 6) is -0.0585. The van der Waals surface area contributed by atoms with Crippen molar-refractivity contribution in [3.8, 4) is 0 Å². The highest BCUT2D eigenvalue weighted by Gasteiger charge is 2.21. The molecule has 5 nitrogen and oxygen atoms in total. The van der Waals surface area contributed by atoms with Gasteiger partial charge in [0.05, 0.1) is 10.5 Å². The quantitative estimate of drug-likeness (QED) is 0.704. The lowest BCUT2D eigenvalue weighted by Gasteiger charge is -2.11. The van der Waals surface area contributed by atoms with Gasteiger partial charge in [-0.1, -0.05) is 0 Å². The van der Waals surface area contributed by atoms with Crippen molar-refractivity contribution >= 4 is 50.3 Å². The summed E-state index contributed by atoms with van der Waals surface area (Å²) in [5, 5.41) is 9.35. The predicted octanol–water partition coefficient (Wildman–Crippen LogP) is 2.16. The van der Waals surface area contributed by atoms with E-state index in [4.69, 9.17) is 5.11 Å². The third-order valence-corrected chi connectivity index (χ3v) is 6.76. The van der Waals surface area contributed by atoms with Crippen LogP contribution in [0.25, 0.3) is 0 Å². The van der Waals surface area contributed by atoms with Gasteiger partial charge in [0.2, 0.25) is 10.0 Å². The Morgan fingerprint density at radius 2 is 2.25 bits per heavy atom. The van der Waals surface area contributed by atoms with Crippen molar-refractivity contribution in [2.24, 2.45) is 0 Å². The number of thioether (sulfide) groups is 1. The van der Waals surface area contributed by atoms with Crippen LogP contribution in [0.2, 0.25) is 0 Å². The second-order valence-electron chi connectivity index (χ2n) is 4.43. The summed E-state index contributed by atoms with van der Waals surface area (Å²) in [6.45, 7) is 0.390. The van der Waals surface area contributed by atoms with Crippen LogP contribution in [-0.2, 0) is 10.0 Å². The van der Waals surface area contributed by atoms with Crippen LogP contribution in [0.4, 0.5) is 0 Å². The molecule has 1 unspecified atom stereocenters. The van der Waals surface area contributed by atoms with Gasteiger partial charge in [0.1, 0.15) is 0 Å². The third-order valence-electron chi connectivity index (χ3n) is 3.00. The molecule has 0 radical (unpaired) electrons. The first-order valence-corrected chi connectivity index (χ1v) is 9.65. The standard InChI is InChI=1S/C12H14INO4S2/c13-11-4-3-9(6-10(11)12(15)16)20(17,18)14-7-8-2-1-5-19-8/h3-4,6,8,14H,1-2,5,7H2,(H,15,16). The van der Waals surface area contributed by atoms with Crippen LogP contribution in [0.3, 0.4) is 0 Å². The maximum absolute atomic E-state index is 12.2. The number of halogens is 1. The van der Waals surface area contributed by atoms with Crippen LogP contribution < -0.4 is 4.72 Å². The largest absolute Gasteiger partial charge is 0.478 e. The Labute approximate surface area is 135 Å². The van der Waals surface area contributed by atoms with Crippen molar-refractivity contribution in [3.05, 3.63) is 27.3 Å². The Morgan fingerprint density at radius 3 is 2.85 bits per heavy atom. The van der Waals surface area contributed by atoms with Crippen molar-refractivity contribution in [1.82, 2.24) is 4.72 Å². The van der Waals surface area contributed by atoms with Gasteiger partial charge in [-0.25, -0.2) is 17.9 Å². The molecule has 0 saturated carbocycles. The van der Waals surface area contributed by atoms with E-state index in [1.807, 2.05) is 22.6 Å². The van der Waals surface area contributed by atoms with Gasteiger partial charge in [0.25, 0.3) is 0 Å². The minimum atomic E-state index is -3.65. The van der Waals surface area contributed by atoms with E-state index in [1.165, 1.54) is 18.2 Å². The Bertz CT molecular complexity index is 612. The van der Waals surface area contributed by atoms with Crippen molar-refractivity contribution < 1.29 is 18.3 Å². The molecule has 1 aliphatic heterocycles. The first-order valence-electron chi connectivity index (χ1n) is 6.04. The molecule has 0 aliphatic carbocycles. The lowest BCUT2D eigenvalue weighted by Crippen LogP contribution is -2.30. The first-order chi connectivity index (χ1) is 9.40. The van der Waals surface area contributed by atoms with Crippen LogP contribution in [-0.4, -0.2) is 37.0 Å². The average Bonchev–Trinajstić information content (AvgIpc) is 2.89. The Morgan fingerprint density at radius 1 is 1.50 bits per heavy atom. The van der Waals surface area contributed by atoms with Crippen molar-refractivity contribution in [2.45, 2.75) is 23.0 Å². The molecule has 1 aliphatic rings. The number of hydrogen-bond donors (Lipinski definition) is 2. The number of carboxylic acids is 1. The molecule has 1 aromatic carbocycles. The highest BCUT2D eigenvalue weighted by atomic mass is 127. The Hall–Kier alpha value is -0.320. The topological polar surface area (TPSA) is 83.5 Å². The molecule has 1 fully saturated rings. The monoisotopic (exact) mass is 427 g/mol. The van der Waals surface area contributed by atoms with Gasteiger partial charge in [-0.05, 0) is 59.4 Å². The normalized spacial score (nSPS) is 19.1. The zero-order valence-corrected chi connectivity index (χ0v) is 14.3. The molecule has 8 heteroatoms. The summed E-state index contributed by atoms with van der Waals surface area (Å²) < 4.78 is 27.4. The van der Waals surface area contributed by atoms with Gasteiger partial charge < -0.3 is 5.11 Å². The zero-order valence-electron chi connectivity index (χ0n) is 10.5. The maximum Gasteiger partial charge on any atom is 0.336 e. The molecule has 1 atom stereocenters. The molecule has 0 aromatic heterocycles. The molecule has 0 amide bonds. The van der Waals surface area contributed by atoms with Crippen LogP contribution in [0.15, 0.2) is 23.1 Å². The average molecular weight is 427 g/mol. The van der Waals surface area contributed by atoms with Gasteiger partial charge >= 0.3 is 5.97 Å². The summed E-state index contributed by atoms with van der Waals surface area (Å²) in [5.41, 5.74) is 0.00344. The van der Waals surface area contributed by atoms with Crippen LogP contribution in [0.1, 0.15) is 23.2 Å². The van der Waals surface area contributed by atoms with Crippen molar-refractivity contribution in [2.75, 3.05) is 12.3 Å². The van der Waals surface area contributed by atoms with Gasteiger partial charge in [0.15, 0.2) is 0 Å². The summed E-state index contributed by atoms with van der Waals surface area (Å²) in [6.07, 6.45) is 2.13. The Balaban J connectivity index is 2.16. The number of aromatic carboxylic acids is 1. The van der Waals surface area contributed by atoms with Crippen molar-refractivity contribution in [1.29, 1.82) is 0 Å². The van der Waals surface area contributed by atoms with E-state index in [9.17, 15) is 13.2 Å².